The van der Waals surface area contributed by atoms with Crippen LogP contribution in [0.15, 0.2) is 0 Å². The van der Waals surface area contributed by atoms with Crippen molar-refractivity contribution in [1.82, 2.24) is 4.90 Å². The third-order valence-electron chi connectivity index (χ3n) is 2.86. The Morgan fingerprint density at radius 1 is 1.50 bits per heavy atom. The average Bonchev–Trinajstić information content (AvgIpc) is 2.47. The lowest BCUT2D eigenvalue weighted by molar-refractivity contribution is -0.159. The summed E-state index contributed by atoms with van der Waals surface area (Å²) in [6.07, 6.45) is 0. The van der Waals surface area contributed by atoms with Gasteiger partial charge in [0.1, 0.15) is 11.4 Å². The Morgan fingerprint density at radius 3 is 2.56 bits per heavy atom. The van der Waals surface area contributed by atoms with Crippen molar-refractivity contribution in [3.8, 4) is 0 Å². The van der Waals surface area contributed by atoms with Crippen LogP contribution in [0.1, 0.15) is 13.8 Å². The molecule has 0 N–H and O–H groups in total. The van der Waals surface area contributed by atoms with E-state index < -0.39 is 9.28 Å². The molecule has 2 aliphatic heterocycles. The molecule has 0 saturated carbocycles. The molecule has 2 heterocycles. The Labute approximate surface area is 115 Å². The molecule has 0 spiro atoms. The average molecular weight is 373 g/mol. The highest BCUT2D eigenvalue weighted by Gasteiger charge is 2.70. The van der Waals surface area contributed by atoms with Gasteiger partial charge in [0.05, 0.1) is 7.11 Å². The van der Waals surface area contributed by atoms with Crippen molar-refractivity contribution in [2.75, 3.05) is 7.11 Å². The van der Waals surface area contributed by atoms with Gasteiger partial charge in [0, 0.05) is 4.75 Å². The highest BCUT2D eigenvalue weighted by molar-refractivity contribution is 9.26. The fourth-order valence-corrected chi connectivity index (χ4v) is 4.98. The molecule has 2 rings (SSSR count). The lowest BCUT2D eigenvalue weighted by Crippen LogP contribution is -2.68. The number of amides is 1. The second kappa shape index (κ2) is 3.62. The van der Waals surface area contributed by atoms with Gasteiger partial charge in [-0.3, -0.25) is 4.79 Å². The van der Waals surface area contributed by atoms with Gasteiger partial charge in [0.25, 0.3) is 5.91 Å². The fraction of sp³-hybridized carbons (Fsp3) is 0.778. The smallest absolute Gasteiger partial charge is 0.330 e. The van der Waals surface area contributed by atoms with Crippen LogP contribution in [0.2, 0.25) is 0 Å². The van der Waals surface area contributed by atoms with Crippen molar-refractivity contribution < 1.29 is 14.3 Å². The predicted octanol–water partition coefficient (Wildman–Crippen LogP) is 1.71. The molecule has 2 saturated heterocycles. The number of hydrogen-bond donors (Lipinski definition) is 0. The summed E-state index contributed by atoms with van der Waals surface area (Å²) < 4.78 is 3.69. The lowest BCUT2D eigenvalue weighted by Gasteiger charge is -2.46. The van der Waals surface area contributed by atoms with E-state index in [2.05, 4.69) is 31.9 Å². The number of thioether (sulfide) groups is 1. The molecule has 0 aromatic heterocycles. The molecule has 7 heteroatoms. The SMILES string of the molecule is COC(=O)C1N2C(=O)C(Br)(Br)C2SC1(C)C. The number of nitrogens with zero attached hydrogens (tertiary/aromatic N) is 1. The Balaban J connectivity index is 2.34. The van der Waals surface area contributed by atoms with Gasteiger partial charge in [-0.15, -0.1) is 11.8 Å². The number of esters is 1. The summed E-state index contributed by atoms with van der Waals surface area (Å²) in [7, 11) is 1.34. The van der Waals surface area contributed by atoms with E-state index >= 15 is 0 Å². The molecular weight excluding hydrogens is 362 g/mol. The standard InChI is InChI=1S/C9H11Br2NO3S/c1-8(2)4(5(13)15-3)12-6(14)9(10,11)7(12)16-8/h4,7H,1-3H3. The number of halogens is 2. The molecule has 0 aliphatic carbocycles. The Hall–Kier alpha value is 0.250. The van der Waals surface area contributed by atoms with Crippen LogP contribution in [0.4, 0.5) is 0 Å². The monoisotopic (exact) mass is 371 g/mol. The van der Waals surface area contributed by atoms with Crippen molar-refractivity contribution in [3.63, 3.8) is 0 Å². The summed E-state index contributed by atoms with van der Waals surface area (Å²) in [6.45, 7) is 3.89. The van der Waals surface area contributed by atoms with Crippen LogP contribution in [-0.4, -0.2) is 43.3 Å². The first-order chi connectivity index (χ1) is 7.23. The van der Waals surface area contributed by atoms with Crippen molar-refractivity contribution >= 4 is 55.5 Å². The first-order valence-corrected chi connectivity index (χ1v) is 7.16. The van der Waals surface area contributed by atoms with Crippen molar-refractivity contribution in [2.24, 2.45) is 0 Å². The van der Waals surface area contributed by atoms with Gasteiger partial charge < -0.3 is 9.64 Å². The summed E-state index contributed by atoms with van der Waals surface area (Å²) in [5.41, 5.74) is 0. The third-order valence-corrected chi connectivity index (χ3v) is 6.65. The number of ether oxygens (including phenoxy) is 1. The summed E-state index contributed by atoms with van der Waals surface area (Å²) in [5, 5.41) is -0.0703. The van der Waals surface area contributed by atoms with Crippen LogP contribution in [-0.2, 0) is 14.3 Å². The first kappa shape index (κ1) is 12.7. The molecule has 1 amide bonds. The molecule has 4 nitrogen and oxygen atoms in total. The van der Waals surface area contributed by atoms with Crippen molar-refractivity contribution in [3.05, 3.63) is 0 Å². The molecule has 0 aromatic carbocycles. The molecule has 2 aliphatic rings. The van der Waals surface area contributed by atoms with Crippen LogP contribution in [0, 0.1) is 0 Å². The Bertz CT molecular complexity index is 372. The number of carbonyl (C=O) groups excluding carboxylic acids is 2. The predicted molar refractivity (Wildman–Crippen MR) is 68.7 cm³/mol. The number of β-lactam (4-membered cyclic amide) rings is 1. The second-order valence-corrected chi connectivity index (χ2v) is 9.63. The zero-order chi connectivity index (χ0) is 12.3. The van der Waals surface area contributed by atoms with E-state index in [0.29, 0.717) is 0 Å². The van der Waals surface area contributed by atoms with E-state index in [1.54, 1.807) is 16.7 Å². The van der Waals surface area contributed by atoms with Crippen LogP contribution < -0.4 is 0 Å². The number of alkyl halides is 2. The largest absolute Gasteiger partial charge is 0.467 e. The van der Waals surface area contributed by atoms with Gasteiger partial charge in [0.15, 0.2) is 3.23 Å². The Morgan fingerprint density at radius 2 is 2.06 bits per heavy atom. The van der Waals surface area contributed by atoms with E-state index in [1.165, 1.54) is 7.11 Å². The zero-order valence-electron chi connectivity index (χ0n) is 8.99. The topological polar surface area (TPSA) is 46.6 Å². The molecule has 2 atom stereocenters. The molecule has 2 unspecified atom stereocenters. The molecule has 0 aromatic rings. The maximum atomic E-state index is 11.9. The van der Waals surface area contributed by atoms with Crippen LogP contribution in [0.5, 0.6) is 0 Å². The van der Waals surface area contributed by atoms with Gasteiger partial charge >= 0.3 is 5.97 Å². The van der Waals surface area contributed by atoms with Crippen LogP contribution in [0.25, 0.3) is 0 Å². The normalized spacial score (nSPS) is 34.3. The molecule has 0 radical (unpaired) electrons. The van der Waals surface area contributed by atoms with Gasteiger partial charge in [-0.1, -0.05) is 31.9 Å². The number of fused-ring (bicyclic) bond motifs is 1. The van der Waals surface area contributed by atoms with E-state index in [1.807, 2.05) is 13.8 Å². The zero-order valence-corrected chi connectivity index (χ0v) is 13.0. The van der Waals surface area contributed by atoms with Crippen LogP contribution >= 0.6 is 43.6 Å². The number of rotatable bonds is 1. The summed E-state index contributed by atoms with van der Waals surface area (Å²) in [5.74, 6) is -0.477. The summed E-state index contributed by atoms with van der Waals surface area (Å²) in [6, 6.07) is -0.511. The lowest BCUT2D eigenvalue weighted by atomic mass is 9.98. The first-order valence-electron chi connectivity index (χ1n) is 4.69. The summed E-state index contributed by atoms with van der Waals surface area (Å²) in [4.78, 5) is 25.2. The van der Waals surface area contributed by atoms with E-state index in [-0.39, 0.29) is 22.0 Å². The van der Waals surface area contributed by atoms with Crippen LogP contribution in [0.3, 0.4) is 0 Å². The van der Waals surface area contributed by atoms with E-state index in [0.717, 1.165) is 0 Å². The highest BCUT2D eigenvalue weighted by Crippen LogP contribution is 2.60. The maximum absolute atomic E-state index is 11.9. The quantitative estimate of drug-likeness (QED) is 0.399. The maximum Gasteiger partial charge on any atom is 0.330 e. The molecule has 90 valence electrons. The van der Waals surface area contributed by atoms with Crippen molar-refractivity contribution in [2.45, 2.75) is 33.2 Å². The minimum absolute atomic E-state index is 0.0703. The number of carbonyl (C=O) groups is 2. The van der Waals surface area contributed by atoms with E-state index in [9.17, 15) is 9.59 Å². The van der Waals surface area contributed by atoms with E-state index in [4.69, 9.17) is 4.74 Å². The van der Waals surface area contributed by atoms with Gasteiger partial charge in [-0.25, -0.2) is 4.79 Å². The fourth-order valence-electron chi connectivity index (χ4n) is 2.07. The minimum Gasteiger partial charge on any atom is -0.467 e. The molecule has 16 heavy (non-hydrogen) atoms. The number of methoxy groups -OCH3 is 1. The molecular formula is C9H11Br2NO3S. The molecule has 0 bridgehead atoms. The number of hydrogen-bond acceptors (Lipinski definition) is 4. The van der Waals surface area contributed by atoms with Gasteiger partial charge in [-0.2, -0.15) is 0 Å². The molecule has 2 fully saturated rings. The van der Waals surface area contributed by atoms with Gasteiger partial charge in [0.2, 0.25) is 0 Å². The Kier molecular flexibility index (Phi) is 2.87. The summed E-state index contributed by atoms with van der Waals surface area (Å²) >= 11 is 8.27. The second-order valence-electron chi connectivity index (χ2n) is 4.33. The van der Waals surface area contributed by atoms with Crippen molar-refractivity contribution in [1.29, 1.82) is 0 Å². The third kappa shape index (κ3) is 1.47. The van der Waals surface area contributed by atoms with Gasteiger partial charge in [-0.05, 0) is 13.8 Å². The highest BCUT2D eigenvalue weighted by atomic mass is 79.9. The minimum atomic E-state index is -0.731.